The second kappa shape index (κ2) is 8.85. The van der Waals surface area contributed by atoms with E-state index in [9.17, 15) is 18.0 Å². The topological polar surface area (TPSA) is 58.8 Å². The van der Waals surface area contributed by atoms with Crippen molar-refractivity contribution in [2.75, 3.05) is 45.9 Å². The van der Waals surface area contributed by atoms with E-state index in [4.69, 9.17) is 4.52 Å². The van der Waals surface area contributed by atoms with Crippen molar-refractivity contribution in [1.82, 2.24) is 15.0 Å². The van der Waals surface area contributed by atoms with Crippen LogP contribution in [-0.4, -0.2) is 73.0 Å². The van der Waals surface area contributed by atoms with E-state index >= 15 is 0 Å². The van der Waals surface area contributed by atoms with Gasteiger partial charge in [-0.25, -0.2) is 0 Å². The highest BCUT2D eigenvalue weighted by molar-refractivity contribution is 7.13. The van der Waals surface area contributed by atoms with E-state index in [2.05, 4.69) is 14.8 Å². The Balaban J connectivity index is 1.39. The van der Waals surface area contributed by atoms with E-state index < -0.39 is 12.8 Å². The summed E-state index contributed by atoms with van der Waals surface area (Å²) in [4.78, 5) is 17.3. The van der Waals surface area contributed by atoms with Crippen LogP contribution in [0.25, 0.3) is 10.6 Å². The zero-order valence-corrected chi connectivity index (χ0v) is 15.4. The van der Waals surface area contributed by atoms with E-state index in [1.165, 1.54) is 11.3 Å². The summed E-state index contributed by atoms with van der Waals surface area (Å²) in [6.45, 7) is 1.93. The Labute approximate surface area is 158 Å². The average Bonchev–Trinajstić information content (AvgIpc) is 3.32. The van der Waals surface area contributed by atoms with Crippen LogP contribution < -0.4 is 0 Å². The molecule has 3 heterocycles. The molecule has 1 aliphatic rings. The molecule has 3 rings (SSSR count). The van der Waals surface area contributed by atoms with Crippen LogP contribution in [0.5, 0.6) is 0 Å². The van der Waals surface area contributed by atoms with Crippen molar-refractivity contribution in [3.63, 3.8) is 0 Å². The third-order valence-corrected chi connectivity index (χ3v) is 5.07. The summed E-state index contributed by atoms with van der Waals surface area (Å²) in [5.74, 6) is 0.403. The van der Waals surface area contributed by atoms with Crippen LogP contribution in [-0.2, 0) is 4.74 Å². The van der Waals surface area contributed by atoms with Crippen LogP contribution in [0.2, 0.25) is 0 Å². The Morgan fingerprint density at radius 3 is 2.74 bits per heavy atom. The van der Waals surface area contributed by atoms with Crippen molar-refractivity contribution >= 4 is 17.2 Å². The maximum Gasteiger partial charge on any atom is 0.411 e. The number of nitrogens with zero attached hydrogens (tertiary/aromatic N) is 3. The molecule has 1 amide bonds. The first-order valence-corrected chi connectivity index (χ1v) is 9.47. The zero-order chi connectivity index (χ0) is 19.3. The fraction of sp³-hybridized carbons (Fsp3) is 0.529. The van der Waals surface area contributed by atoms with Crippen molar-refractivity contribution in [3.8, 4) is 10.6 Å². The van der Waals surface area contributed by atoms with Gasteiger partial charge in [0, 0.05) is 45.4 Å². The highest BCUT2D eigenvalue weighted by atomic mass is 32.1. The van der Waals surface area contributed by atoms with Crippen LogP contribution in [0.3, 0.4) is 0 Å². The van der Waals surface area contributed by atoms with Crippen LogP contribution in [0.1, 0.15) is 16.9 Å². The van der Waals surface area contributed by atoms with Crippen LogP contribution in [0, 0.1) is 0 Å². The Hall–Kier alpha value is -1.91. The molecule has 148 valence electrons. The van der Waals surface area contributed by atoms with Crippen molar-refractivity contribution in [3.05, 3.63) is 29.3 Å². The van der Waals surface area contributed by atoms with Gasteiger partial charge in [-0.2, -0.15) is 13.2 Å². The van der Waals surface area contributed by atoms with Crippen molar-refractivity contribution in [1.29, 1.82) is 0 Å². The third-order valence-electron chi connectivity index (χ3n) is 4.18. The summed E-state index contributed by atoms with van der Waals surface area (Å²) in [6.07, 6.45) is -3.76. The summed E-state index contributed by atoms with van der Waals surface area (Å²) in [5, 5.41) is 5.80. The van der Waals surface area contributed by atoms with Crippen molar-refractivity contribution in [2.24, 2.45) is 0 Å². The van der Waals surface area contributed by atoms with E-state index in [1.807, 2.05) is 17.5 Å². The molecule has 0 spiro atoms. The van der Waals surface area contributed by atoms with Gasteiger partial charge in [0.15, 0.2) is 11.5 Å². The van der Waals surface area contributed by atoms with Gasteiger partial charge >= 0.3 is 6.18 Å². The standard InChI is InChI=1S/C17H20F3N3O3S/c18-17(19,20)12-25-9-2-4-22-5-7-23(8-6-22)16(24)13-11-14(26-21-13)15-3-1-10-27-15/h1,3,10-11H,2,4-9,12H2. The highest BCUT2D eigenvalue weighted by Gasteiger charge is 2.27. The van der Waals surface area contributed by atoms with Gasteiger partial charge in [0.25, 0.3) is 5.91 Å². The van der Waals surface area contributed by atoms with Gasteiger partial charge in [0.05, 0.1) is 4.88 Å². The molecular formula is C17H20F3N3O3S. The van der Waals surface area contributed by atoms with E-state index in [1.54, 1.807) is 11.0 Å². The number of hydrogen-bond acceptors (Lipinski definition) is 6. The van der Waals surface area contributed by atoms with E-state index in [0.29, 0.717) is 44.9 Å². The average molecular weight is 403 g/mol. The smallest absolute Gasteiger partial charge is 0.372 e. The van der Waals surface area contributed by atoms with Gasteiger partial charge in [-0.05, 0) is 17.9 Å². The molecule has 27 heavy (non-hydrogen) atoms. The van der Waals surface area contributed by atoms with Crippen molar-refractivity contribution in [2.45, 2.75) is 12.6 Å². The van der Waals surface area contributed by atoms with Gasteiger partial charge in [-0.1, -0.05) is 11.2 Å². The molecule has 2 aromatic rings. The number of ether oxygens (including phenoxy) is 1. The lowest BCUT2D eigenvalue weighted by molar-refractivity contribution is -0.174. The zero-order valence-electron chi connectivity index (χ0n) is 14.6. The fourth-order valence-corrected chi connectivity index (χ4v) is 3.50. The van der Waals surface area contributed by atoms with Gasteiger partial charge in [-0.3, -0.25) is 9.69 Å². The second-order valence-electron chi connectivity index (χ2n) is 6.21. The van der Waals surface area contributed by atoms with Crippen molar-refractivity contribution < 1.29 is 27.2 Å². The molecule has 0 aromatic carbocycles. The third kappa shape index (κ3) is 5.78. The molecule has 0 N–H and O–H groups in total. The van der Waals surface area contributed by atoms with E-state index in [0.717, 1.165) is 4.88 Å². The number of alkyl halides is 3. The lowest BCUT2D eigenvalue weighted by Crippen LogP contribution is -2.49. The first-order valence-electron chi connectivity index (χ1n) is 8.59. The number of aromatic nitrogens is 1. The summed E-state index contributed by atoms with van der Waals surface area (Å²) in [7, 11) is 0. The molecule has 2 aromatic heterocycles. The SMILES string of the molecule is O=C(c1cc(-c2cccs2)on1)N1CCN(CCCOCC(F)(F)F)CC1. The van der Waals surface area contributed by atoms with E-state index in [-0.39, 0.29) is 18.2 Å². The molecule has 10 heteroatoms. The highest BCUT2D eigenvalue weighted by Crippen LogP contribution is 2.25. The molecular weight excluding hydrogens is 383 g/mol. The summed E-state index contributed by atoms with van der Waals surface area (Å²) < 4.78 is 45.8. The van der Waals surface area contributed by atoms with Crippen LogP contribution in [0.4, 0.5) is 13.2 Å². The number of halogens is 3. The van der Waals surface area contributed by atoms with Crippen LogP contribution >= 0.6 is 11.3 Å². The molecule has 0 saturated carbocycles. The summed E-state index contributed by atoms with van der Waals surface area (Å²) in [6, 6.07) is 5.45. The predicted molar refractivity (Wildman–Crippen MR) is 93.7 cm³/mol. The molecule has 0 unspecified atom stereocenters. The number of hydrogen-bond donors (Lipinski definition) is 0. The molecule has 0 atom stereocenters. The molecule has 1 saturated heterocycles. The second-order valence-corrected chi connectivity index (χ2v) is 7.16. The number of carbonyl (C=O) groups is 1. The molecule has 1 fully saturated rings. The minimum atomic E-state index is -4.28. The monoisotopic (exact) mass is 403 g/mol. The normalized spacial score (nSPS) is 16.0. The number of rotatable bonds is 7. The maximum absolute atomic E-state index is 12.5. The Morgan fingerprint density at radius 2 is 2.07 bits per heavy atom. The Morgan fingerprint density at radius 1 is 1.30 bits per heavy atom. The van der Waals surface area contributed by atoms with Gasteiger partial charge in [0.2, 0.25) is 0 Å². The molecule has 0 aliphatic carbocycles. The Kier molecular flexibility index (Phi) is 6.51. The summed E-state index contributed by atoms with van der Waals surface area (Å²) >= 11 is 1.51. The number of thiophene rings is 1. The quantitative estimate of drug-likeness (QED) is 0.665. The molecule has 1 aliphatic heterocycles. The molecule has 0 bridgehead atoms. The number of piperazine rings is 1. The number of carbonyl (C=O) groups excluding carboxylic acids is 1. The number of amides is 1. The minimum absolute atomic E-state index is 0.0725. The first-order chi connectivity index (χ1) is 12.9. The molecule has 6 nitrogen and oxygen atoms in total. The van der Waals surface area contributed by atoms with Crippen LogP contribution in [0.15, 0.2) is 28.1 Å². The lowest BCUT2D eigenvalue weighted by atomic mass is 10.2. The largest absolute Gasteiger partial charge is 0.411 e. The predicted octanol–water partition coefficient (Wildman–Crippen LogP) is 3.13. The first kappa shape index (κ1) is 19.8. The van der Waals surface area contributed by atoms with Gasteiger partial charge in [0.1, 0.15) is 6.61 Å². The Bertz CT molecular complexity index is 725. The molecule has 0 radical (unpaired) electrons. The fourth-order valence-electron chi connectivity index (χ4n) is 2.83. The van der Waals surface area contributed by atoms with Gasteiger partial charge < -0.3 is 14.2 Å². The lowest BCUT2D eigenvalue weighted by Gasteiger charge is -2.34. The summed E-state index contributed by atoms with van der Waals surface area (Å²) in [5.41, 5.74) is 0.285. The maximum atomic E-state index is 12.5. The minimum Gasteiger partial charge on any atom is -0.372 e. The van der Waals surface area contributed by atoms with Gasteiger partial charge in [-0.15, -0.1) is 11.3 Å².